The summed E-state index contributed by atoms with van der Waals surface area (Å²) in [4.78, 5) is 15.8. The van der Waals surface area contributed by atoms with Gasteiger partial charge in [0, 0.05) is 17.5 Å². The highest BCUT2D eigenvalue weighted by atomic mass is 32.1. The van der Waals surface area contributed by atoms with E-state index in [9.17, 15) is 4.79 Å². The number of thiol groups is 1. The molecule has 2 rings (SSSR count). The number of rotatable bonds is 2. The van der Waals surface area contributed by atoms with E-state index < -0.39 is 0 Å². The molecule has 0 saturated heterocycles. The molecule has 1 aromatic heterocycles. The highest BCUT2D eigenvalue weighted by Gasteiger charge is 2.20. The third-order valence-corrected chi connectivity index (χ3v) is 3.45. The first-order chi connectivity index (χ1) is 7.75. The first kappa shape index (κ1) is 11.5. The van der Waals surface area contributed by atoms with Crippen molar-refractivity contribution in [1.82, 2.24) is 10.3 Å². The van der Waals surface area contributed by atoms with Gasteiger partial charge in [-0.25, -0.2) is 0 Å². The summed E-state index contributed by atoms with van der Waals surface area (Å²) in [6, 6.07) is 5.66. The van der Waals surface area contributed by atoms with E-state index in [1.807, 2.05) is 12.1 Å². The van der Waals surface area contributed by atoms with Crippen LogP contribution in [0, 0.1) is 0 Å². The third kappa shape index (κ3) is 2.98. The molecule has 86 valence electrons. The molecule has 1 aliphatic rings. The zero-order chi connectivity index (χ0) is 11.4. The maximum absolute atomic E-state index is 11.8. The first-order valence-corrected chi connectivity index (χ1v) is 6.17. The van der Waals surface area contributed by atoms with Crippen LogP contribution in [0.25, 0.3) is 0 Å². The van der Waals surface area contributed by atoms with Crippen LogP contribution in [0.5, 0.6) is 0 Å². The molecule has 1 amide bonds. The molecule has 0 atom stereocenters. The molecule has 16 heavy (non-hydrogen) atoms. The van der Waals surface area contributed by atoms with Gasteiger partial charge in [0.1, 0.15) is 5.69 Å². The third-order valence-electron chi connectivity index (χ3n) is 2.93. The van der Waals surface area contributed by atoms with Gasteiger partial charge in [-0.15, -0.1) is 0 Å². The van der Waals surface area contributed by atoms with E-state index in [0.29, 0.717) is 10.9 Å². The lowest BCUT2D eigenvalue weighted by atomic mass is 9.95. The van der Waals surface area contributed by atoms with Crippen LogP contribution < -0.4 is 5.32 Å². The summed E-state index contributed by atoms with van der Waals surface area (Å²) in [6.45, 7) is 0. The predicted molar refractivity (Wildman–Crippen MR) is 66.7 cm³/mol. The van der Waals surface area contributed by atoms with E-state index >= 15 is 0 Å². The average Bonchev–Trinajstić information content (AvgIpc) is 2.33. The fraction of sp³-hybridized carbons (Fsp3) is 0.500. The lowest BCUT2D eigenvalue weighted by Gasteiger charge is -2.26. The van der Waals surface area contributed by atoms with Gasteiger partial charge in [0.05, 0.1) is 0 Å². The maximum atomic E-state index is 11.8. The average molecular weight is 236 g/mol. The molecule has 0 radical (unpaired) electrons. The fourth-order valence-corrected chi connectivity index (χ4v) is 2.27. The molecule has 1 saturated carbocycles. The molecule has 0 aromatic carbocycles. The van der Waals surface area contributed by atoms with Crippen LogP contribution in [0.2, 0.25) is 0 Å². The second kappa shape index (κ2) is 5.34. The highest BCUT2D eigenvalue weighted by molar-refractivity contribution is 7.80. The van der Waals surface area contributed by atoms with Gasteiger partial charge in [0.25, 0.3) is 5.91 Å². The number of pyridine rings is 1. The molecule has 0 bridgehead atoms. The Hall–Kier alpha value is -1.03. The van der Waals surface area contributed by atoms with Gasteiger partial charge in [0.2, 0.25) is 0 Å². The van der Waals surface area contributed by atoms with Crippen molar-refractivity contribution in [3.05, 3.63) is 30.1 Å². The van der Waals surface area contributed by atoms with Gasteiger partial charge < -0.3 is 5.32 Å². The van der Waals surface area contributed by atoms with Crippen molar-refractivity contribution in [2.24, 2.45) is 0 Å². The lowest BCUT2D eigenvalue weighted by Crippen LogP contribution is -2.38. The van der Waals surface area contributed by atoms with Crippen molar-refractivity contribution in [3.8, 4) is 0 Å². The number of nitrogens with zero attached hydrogens (tertiary/aromatic N) is 1. The van der Waals surface area contributed by atoms with Gasteiger partial charge in [-0.1, -0.05) is 6.07 Å². The number of nitrogens with one attached hydrogen (secondary N) is 1. The van der Waals surface area contributed by atoms with Crippen LogP contribution in [-0.4, -0.2) is 22.2 Å². The van der Waals surface area contributed by atoms with Gasteiger partial charge in [-0.3, -0.25) is 9.78 Å². The van der Waals surface area contributed by atoms with E-state index in [2.05, 4.69) is 22.9 Å². The zero-order valence-electron chi connectivity index (χ0n) is 9.10. The van der Waals surface area contributed by atoms with Crippen molar-refractivity contribution < 1.29 is 4.79 Å². The van der Waals surface area contributed by atoms with E-state index in [-0.39, 0.29) is 11.9 Å². The van der Waals surface area contributed by atoms with E-state index in [1.165, 1.54) is 0 Å². The molecule has 3 nitrogen and oxygen atoms in total. The van der Waals surface area contributed by atoms with Crippen LogP contribution in [-0.2, 0) is 0 Å². The Morgan fingerprint density at radius 1 is 1.31 bits per heavy atom. The van der Waals surface area contributed by atoms with Gasteiger partial charge >= 0.3 is 0 Å². The maximum Gasteiger partial charge on any atom is 0.270 e. The molecule has 4 heteroatoms. The summed E-state index contributed by atoms with van der Waals surface area (Å²) in [7, 11) is 0. The van der Waals surface area contributed by atoms with E-state index in [4.69, 9.17) is 0 Å². The number of hydrogen-bond donors (Lipinski definition) is 2. The zero-order valence-corrected chi connectivity index (χ0v) is 9.99. The Kier molecular flexibility index (Phi) is 3.83. The standard InChI is InChI=1S/C12H16N2OS/c15-12(11-3-1-2-8-13-11)14-9-4-6-10(16)7-5-9/h1-3,8-10,16H,4-7H2,(H,14,15). The molecular weight excluding hydrogens is 220 g/mol. The van der Waals surface area contributed by atoms with Crippen LogP contribution >= 0.6 is 12.6 Å². The van der Waals surface area contributed by atoms with E-state index in [1.54, 1.807) is 12.3 Å². The monoisotopic (exact) mass is 236 g/mol. The Morgan fingerprint density at radius 2 is 2.06 bits per heavy atom. The Balaban J connectivity index is 1.88. The summed E-state index contributed by atoms with van der Waals surface area (Å²) in [5, 5.41) is 3.52. The summed E-state index contributed by atoms with van der Waals surface area (Å²) in [6.07, 6.45) is 5.84. The SMILES string of the molecule is O=C(NC1CCC(S)CC1)c1ccccn1. The van der Waals surface area contributed by atoms with Crippen molar-refractivity contribution in [2.45, 2.75) is 37.0 Å². The number of carbonyl (C=O) groups excluding carboxylic acids is 1. The number of aromatic nitrogens is 1. The molecule has 0 unspecified atom stereocenters. The molecule has 1 fully saturated rings. The summed E-state index contributed by atoms with van der Waals surface area (Å²) in [5.41, 5.74) is 0.496. The highest BCUT2D eigenvalue weighted by Crippen LogP contribution is 2.22. The molecule has 0 spiro atoms. The summed E-state index contributed by atoms with van der Waals surface area (Å²) in [5.74, 6) is -0.0665. The molecule has 1 aliphatic carbocycles. The minimum Gasteiger partial charge on any atom is -0.348 e. The number of carbonyl (C=O) groups is 1. The fourth-order valence-electron chi connectivity index (χ4n) is 1.98. The summed E-state index contributed by atoms with van der Waals surface area (Å²) >= 11 is 4.44. The van der Waals surface area contributed by atoms with Crippen molar-refractivity contribution in [3.63, 3.8) is 0 Å². The molecular formula is C12H16N2OS. The van der Waals surface area contributed by atoms with Gasteiger partial charge in [-0.2, -0.15) is 12.6 Å². The van der Waals surface area contributed by atoms with Crippen LogP contribution in [0.15, 0.2) is 24.4 Å². The largest absolute Gasteiger partial charge is 0.348 e. The van der Waals surface area contributed by atoms with E-state index in [0.717, 1.165) is 25.7 Å². The topological polar surface area (TPSA) is 42.0 Å². The van der Waals surface area contributed by atoms with Gasteiger partial charge in [-0.05, 0) is 37.8 Å². The predicted octanol–water partition coefficient (Wildman–Crippen LogP) is 2.05. The van der Waals surface area contributed by atoms with Crippen molar-refractivity contribution in [2.75, 3.05) is 0 Å². The molecule has 1 aromatic rings. The normalized spacial score (nSPS) is 25.1. The van der Waals surface area contributed by atoms with Crippen LogP contribution in [0.4, 0.5) is 0 Å². The first-order valence-electron chi connectivity index (χ1n) is 5.65. The minimum absolute atomic E-state index is 0.0665. The molecule has 0 aliphatic heterocycles. The minimum atomic E-state index is -0.0665. The lowest BCUT2D eigenvalue weighted by molar-refractivity contribution is 0.0923. The Labute approximate surface area is 101 Å². The number of amides is 1. The summed E-state index contributed by atoms with van der Waals surface area (Å²) < 4.78 is 0. The smallest absolute Gasteiger partial charge is 0.270 e. The Bertz CT molecular complexity index is 347. The van der Waals surface area contributed by atoms with Crippen LogP contribution in [0.3, 0.4) is 0 Å². The number of hydrogen-bond acceptors (Lipinski definition) is 3. The van der Waals surface area contributed by atoms with Crippen molar-refractivity contribution in [1.29, 1.82) is 0 Å². The second-order valence-electron chi connectivity index (χ2n) is 4.19. The molecule has 1 N–H and O–H groups in total. The second-order valence-corrected chi connectivity index (χ2v) is 4.92. The Morgan fingerprint density at radius 3 is 2.69 bits per heavy atom. The van der Waals surface area contributed by atoms with Crippen molar-refractivity contribution >= 4 is 18.5 Å². The quantitative estimate of drug-likeness (QED) is 0.772. The van der Waals surface area contributed by atoms with Crippen LogP contribution in [0.1, 0.15) is 36.2 Å². The van der Waals surface area contributed by atoms with Gasteiger partial charge in [0.15, 0.2) is 0 Å². The molecule has 1 heterocycles.